The molecule has 2 aromatic carbocycles. The van der Waals surface area contributed by atoms with Crippen molar-refractivity contribution in [3.8, 4) is 0 Å². The molecular weight excluding hydrogens is 494 g/mol. The van der Waals surface area contributed by atoms with Crippen LogP contribution < -0.4 is 10.6 Å². The Morgan fingerprint density at radius 3 is 2.59 bits per heavy atom. The van der Waals surface area contributed by atoms with Crippen molar-refractivity contribution in [3.63, 3.8) is 0 Å². The van der Waals surface area contributed by atoms with Crippen molar-refractivity contribution in [2.24, 2.45) is 4.99 Å². The van der Waals surface area contributed by atoms with Crippen molar-refractivity contribution in [1.29, 1.82) is 0 Å². The minimum Gasteiger partial charge on any atom is -0.355 e. The Balaban J connectivity index is 0.00000300. The average molecular weight is 517 g/mol. The van der Waals surface area contributed by atoms with Crippen LogP contribution in [-0.4, -0.2) is 29.1 Å². The number of alkyl halides is 3. The molecule has 0 saturated heterocycles. The van der Waals surface area contributed by atoms with E-state index < -0.39 is 11.7 Å². The van der Waals surface area contributed by atoms with Gasteiger partial charge in [-0.15, -0.1) is 24.0 Å². The Hall–Kier alpha value is -2.30. The van der Waals surface area contributed by atoms with Crippen LogP contribution in [0.4, 0.5) is 13.2 Å². The van der Waals surface area contributed by atoms with Gasteiger partial charge < -0.3 is 15.2 Å². The molecule has 0 unspecified atom stereocenters. The third-order valence-electron chi connectivity index (χ3n) is 4.41. The number of rotatable bonds is 5. The molecule has 3 rings (SSSR count). The molecule has 29 heavy (non-hydrogen) atoms. The number of aryl methyl sites for hydroxylation is 1. The van der Waals surface area contributed by atoms with Gasteiger partial charge in [-0.1, -0.05) is 24.3 Å². The fourth-order valence-corrected chi connectivity index (χ4v) is 3.03. The minimum atomic E-state index is -4.35. The highest BCUT2D eigenvalue weighted by molar-refractivity contribution is 14.0. The van der Waals surface area contributed by atoms with E-state index in [0.717, 1.165) is 29.0 Å². The third kappa shape index (κ3) is 5.84. The number of fused-ring (bicyclic) bond motifs is 1. The number of imidazole rings is 1. The lowest BCUT2D eigenvalue weighted by atomic mass is 10.1. The van der Waals surface area contributed by atoms with E-state index in [0.29, 0.717) is 24.6 Å². The predicted octanol–water partition coefficient (Wildman–Crippen LogP) is 4.35. The van der Waals surface area contributed by atoms with E-state index in [1.165, 1.54) is 6.07 Å². The number of guanidine groups is 1. The van der Waals surface area contributed by atoms with E-state index in [4.69, 9.17) is 0 Å². The molecule has 0 aliphatic heterocycles. The zero-order valence-corrected chi connectivity index (χ0v) is 18.5. The molecule has 0 amide bonds. The predicted molar refractivity (Wildman–Crippen MR) is 120 cm³/mol. The maximum absolute atomic E-state index is 12.8. The number of hydrogen-bond donors (Lipinski definition) is 2. The number of nitrogens with zero attached hydrogens (tertiary/aromatic N) is 3. The Labute approximate surface area is 184 Å². The highest BCUT2D eigenvalue weighted by Crippen LogP contribution is 2.29. The summed E-state index contributed by atoms with van der Waals surface area (Å²) < 4.78 is 40.6. The normalized spacial score (nSPS) is 12.0. The van der Waals surface area contributed by atoms with Crippen LogP contribution in [0.2, 0.25) is 0 Å². The molecule has 1 heterocycles. The molecule has 0 bridgehead atoms. The first-order valence-electron chi connectivity index (χ1n) is 8.91. The van der Waals surface area contributed by atoms with Gasteiger partial charge in [-0.3, -0.25) is 4.99 Å². The summed E-state index contributed by atoms with van der Waals surface area (Å²) in [6, 6.07) is 13.2. The number of halogens is 4. The first-order chi connectivity index (χ1) is 13.4. The molecule has 9 heteroatoms. The van der Waals surface area contributed by atoms with E-state index in [-0.39, 0.29) is 30.5 Å². The lowest BCUT2D eigenvalue weighted by molar-refractivity contribution is -0.137. The molecule has 1 aromatic heterocycles. The third-order valence-corrected chi connectivity index (χ3v) is 4.41. The van der Waals surface area contributed by atoms with Crippen LogP contribution in [0.3, 0.4) is 0 Å². The second kappa shape index (κ2) is 9.95. The summed E-state index contributed by atoms with van der Waals surface area (Å²) in [7, 11) is 1.62. The van der Waals surface area contributed by atoms with Gasteiger partial charge in [0.2, 0.25) is 0 Å². The maximum Gasteiger partial charge on any atom is 0.416 e. The highest BCUT2D eigenvalue weighted by Gasteiger charge is 2.30. The summed E-state index contributed by atoms with van der Waals surface area (Å²) in [4.78, 5) is 8.66. The van der Waals surface area contributed by atoms with Crippen LogP contribution >= 0.6 is 24.0 Å². The molecule has 0 fully saturated rings. The first-order valence-corrected chi connectivity index (χ1v) is 8.91. The van der Waals surface area contributed by atoms with Gasteiger partial charge in [0.05, 0.1) is 16.6 Å². The minimum absolute atomic E-state index is 0. The molecule has 156 valence electrons. The molecule has 0 aliphatic carbocycles. The van der Waals surface area contributed by atoms with E-state index >= 15 is 0 Å². The van der Waals surface area contributed by atoms with Gasteiger partial charge in [0.1, 0.15) is 5.82 Å². The summed E-state index contributed by atoms with van der Waals surface area (Å²) in [5, 5.41) is 6.23. The van der Waals surface area contributed by atoms with Crippen LogP contribution in [0.25, 0.3) is 11.0 Å². The summed E-state index contributed by atoms with van der Waals surface area (Å²) >= 11 is 0. The van der Waals surface area contributed by atoms with Crippen LogP contribution in [0, 0.1) is 6.92 Å². The Morgan fingerprint density at radius 1 is 1.10 bits per heavy atom. The zero-order chi connectivity index (χ0) is 20.1. The molecule has 5 nitrogen and oxygen atoms in total. The molecule has 0 spiro atoms. The summed E-state index contributed by atoms with van der Waals surface area (Å²) in [6.07, 6.45) is -4.35. The molecular formula is C20H23F3IN5. The zero-order valence-electron chi connectivity index (χ0n) is 16.1. The van der Waals surface area contributed by atoms with E-state index in [1.54, 1.807) is 13.1 Å². The van der Waals surface area contributed by atoms with Gasteiger partial charge in [-0.05, 0) is 36.8 Å². The maximum atomic E-state index is 12.8. The SMILES string of the molecule is CN=C(NCCn1c(C)nc2ccccc21)NCc1cccc(C(F)(F)F)c1.I. The van der Waals surface area contributed by atoms with Crippen LogP contribution in [0.5, 0.6) is 0 Å². The fraction of sp³-hybridized carbons (Fsp3) is 0.300. The van der Waals surface area contributed by atoms with Crippen LogP contribution in [0.15, 0.2) is 53.5 Å². The summed E-state index contributed by atoms with van der Waals surface area (Å²) in [5.41, 5.74) is 1.90. The van der Waals surface area contributed by atoms with Gasteiger partial charge >= 0.3 is 6.18 Å². The highest BCUT2D eigenvalue weighted by atomic mass is 127. The molecule has 0 saturated carbocycles. The molecule has 0 atom stereocenters. The summed E-state index contributed by atoms with van der Waals surface area (Å²) in [6.45, 7) is 3.50. The van der Waals surface area contributed by atoms with Crippen molar-refractivity contribution in [2.45, 2.75) is 26.2 Å². The number of hydrogen-bond acceptors (Lipinski definition) is 2. The Kier molecular flexibility index (Phi) is 7.88. The average Bonchev–Trinajstić information content (AvgIpc) is 2.99. The van der Waals surface area contributed by atoms with Gasteiger partial charge in [0.15, 0.2) is 5.96 Å². The van der Waals surface area contributed by atoms with Gasteiger partial charge in [0.25, 0.3) is 0 Å². The topological polar surface area (TPSA) is 54.2 Å². The Bertz CT molecular complexity index is 982. The second-order valence-electron chi connectivity index (χ2n) is 6.35. The van der Waals surface area contributed by atoms with Crippen LogP contribution in [-0.2, 0) is 19.3 Å². The van der Waals surface area contributed by atoms with Crippen molar-refractivity contribution < 1.29 is 13.2 Å². The number of aliphatic imine (C=N–C) groups is 1. The standard InChI is InChI=1S/C20H22F3N5.HI/c1-14-27-17-8-3-4-9-18(17)28(14)11-10-25-19(24-2)26-13-15-6-5-7-16(12-15)20(21,22)23;/h3-9,12H,10-11,13H2,1-2H3,(H2,24,25,26);1H. The summed E-state index contributed by atoms with van der Waals surface area (Å²) in [5.74, 6) is 1.45. The van der Waals surface area contributed by atoms with Crippen molar-refractivity contribution in [1.82, 2.24) is 20.2 Å². The van der Waals surface area contributed by atoms with Crippen molar-refractivity contribution in [3.05, 3.63) is 65.5 Å². The molecule has 0 aliphatic rings. The lowest BCUT2D eigenvalue weighted by Gasteiger charge is -2.14. The van der Waals surface area contributed by atoms with E-state index in [1.807, 2.05) is 31.2 Å². The molecule has 2 N–H and O–H groups in total. The second-order valence-corrected chi connectivity index (χ2v) is 6.35. The number of para-hydroxylation sites is 2. The first kappa shape index (κ1) is 23.0. The number of nitrogens with one attached hydrogen (secondary N) is 2. The fourth-order valence-electron chi connectivity index (χ4n) is 3.03. The van der Waals surface area contributed by atoms with Crippen LogP contribution in [0.1, 0.15) is 17.0 Å². The quantitative estimate of drug-likeness (QED) is 0.301. The van der Waals surface area contributed by atoms with Gasteiger partial charge in [-0.2, -0.15) is 13.2 Å². The number of benzene rings is 2. The monoisotopic (exact) mass is 517 g/mol. The largest absolute Gasteiger partial charge is 0.416 e. The molecule has 3 aromatic rings. The molecule has 0 radical (unpaired) electrons. The van der Waals surface area contributed by atoms with Gasteiger partial charge in [0, 0.05) is 26.7 Å². The van der Waals surface area contributed by atoms with Gasteiger partial charge in [-0.25, -0.2) is 4.98 Å². The smallest absolute Gasteiger partial charge is 0.355 e. The van der Waals surface area contributed by atoms with Crippen molar-refractivity contribution in [2.75, 3.05) is 13.6 Å². The van der Waals surface area contributed by atoms with E-state index in [9.17, 15) is 13.2 Å². The van der Waals surface area contributed by atoms with Crippen molar-refractivity contribution >= 4 is 41.0 Å². The van der Waals surface area contributed by atoms with E-state index in [2.05, 4.69) is 25.2 Å². The number of aromatic nitrogens is 2. The Morgan fingerprint density at radius 2 is 1.86 bits per heavy atom. The lowest BCUT2D eigenvalue weighted by Crippen LogP contribution is -2.38.